The SMILES string of the molecule is CCC1CC1c1c(F)cccc1Cl. The predicted molar refractivity (Wildman–Crippen MR) is 52.5 cm³/mol. The number of hydrogen-bond donors (Lipinski definition) is 0. The van der Waals surface area contributed by atoms with Crippen molar-refractivity contribution in [1.82, 2.24) is 0 Å². The van der Waals surface area contributed by atoms with Crippen LogP contribution in [0.15, 0.2) is 18.2 Å². The summed E-state index contributed by atoms with van der Waals surface area (Å²) in [6.45, 7) is 2.14. The lowest BCUT2D eigenvalue weighted by atomic mass is 10.1. The van der Waals surface area contributed by atoms with Gasteiger partial charge in [0.2, 0.25) is 0 Å². The molecule has 0 amide bonds. The first-order valence-electron chi connectivity index (χ1n) is 4.68. The molecular weight excluding hydrogens is 187 g/mol. The third kappa shape index (κ3) is 1.58. The Bertz CT molecular complexity index is 302. The maximum absolute atomic E-state index is 13.4. The van der Waals surface area contributed by atoms with E-state index in [1.807, 2.05) is 0 Å². The zero-order valence-corrected chi connectivity index (χ0v) is 8.31. The third-order valence-electron chi connectivity index (χ3n) is 2.82. The van der Waals surface area contributed by atoms with Gasteiger partial charge in [0, 0.05) is 10.6 Å². The Labute approximate surface area is 82.7 Å². The largest absolute Gasteiger partial charge is 0.207 e. The van der Waals surface area contributed by atoms with Crippen LogP contribution in [0.2, 0.25) is 5.02 Å². The average molecular weight is 199 g/mol. The number of rotatable bonds is 2. The van der Waals surface area contributed by atoms with Crippen LogP contribution in [-0.2, 0) is 0 Å². The lowest BCUT2D eigenvalue weighted by Gasteiger charge is -2.03. The van der Waals surface area contributed by atoms with Gasteiger partial charge >= 0.3 is 0 Å². The lowest BCUT2D eigenvalue weighted by molar-refractivity contribution is 0.604. The molecule has 0 N–H and O–H groups in total. The van der Waals surface area contributed by atoms with Crippen molar-refractivity contribution in [3.8, 4) is 0 Å². The zero-order valence-electron chi connectivity index (χ0n) is 7.56. The zero-order chi connectivity index (χ0) is 9.42. The molecule has 0 aliphatic heterocycles. The first-order valence-corrected chi connectivity index (χ1v) is 5.05. The molecule has 0 bridgehead atoms. The van der Waals surface area contributed by atoms with E-state index in [9.17, 15) is 4.39 Å². The lowest BCUT2D eigenvalue weighted by Crippen LogP contribution is -1.90. The molecule has 1 saturated carbocycles. The molecule has 0 saturated heterocycles. The Balaban J connectivity index is 2.30. The summed E-state index contributed by atoms with van der Waals surface area (Å²) in [5, 5.41) is 0.584. The highest BCUT2D eigenvalue weighted by Crippen LogP contribution is 2.51. The molecule has 13 heavy (non-hydrogen) atoms. The Morgan fingerprint density at radius 1 is 1.54 bits per heavy atom. The van der Waals surface area contributed by atoms with Crippen LogP contribution < -0.4 is 0 Å². The van der Waals surface area contributed by atoms with Gasteiger partial charge in [-0.3, -0.25) is 0 Å². The van der Waals surface area contributed by atoms with Gasteiger partial charge in [0.1, 0.15) is 5.82 Å². The molecule has 0 nitrogen and oxygen atoms in total. The van der Waals surface area contributed by atoms with Crippen LogP contribution in [0.3, 0.4) is 0 Å². The molecule has 0 spiro atoms. The maximum atomic E-state index is 13.4. The summed E-state index contributed by atoms with van der Waals surface area (Å²) in [5.41, 5.74) is 0.732. The van der Waals surface area contributed by atoms with Crippen LogP contribution >= 0.6 is 11.6 Å². The molecule has 2 rings (SSSR count). The van der Waals surface area contributed by atoms with E-state index in [2.05, 4.69) is 6.92 Å². The highest BCUT2D eigenvalue weighted by atomic mass is 35.5. The highest BCUT2D eigenvalue weighted by molar-refractivity contribution is 6.31. The van der Waals surface area contributed by atoms with E-state index in [0.29, 0.717) is 16.9 Å². The summed E-state index contributed by atoms with van der Waals surface area (Å²) in [5.74, 6) is 0.876. The normalized spacial score (nSPS) is 26.1. The first-order chi connectivity index (χ1) is 6.24. The molecule has 1 aliphatic rings. The van der Waals surface area contributed by atoms with Gasteiger partial charge in [-0.15, -0.1) is 0 Å². The van der Waals surface area contributed by atoms with Crippen molar-refractivity contribution in [2.75, 3.05) is 0 Å². The number of benzene rings is 1. The van der Waals surface area contributed by atoms with E-state index in [-0.39, 0.29) is 5.82 Å². The standard InChI is InChI=1S/C11H12ClF/c1-2-7-6-8(7)11-9(12)4-3-5-10(11)13/h3-5,7-8H,2,6H2,1H3. The monoisotopic (exact) mass is 198 g/mol. The van der Waals surface area contributed by atoms with Crippen molar-refractivity contribution in [2.24, 2.45) is 5.92 Å². The predicted octanol–water partition coefficient (Wildman–Crippen LogP) is 3.99. The van der Waals surface area contributed by atoms with E-state index in [0.717, 1.165) is 18.4 Å². The highest BCUT2D eigenvalue weighted by Gasteiger charge is 2.39. The van der Waals surface area contributed by atoms with Gasteiger partial charge in [-0.2, -0.15) is 0 Å². The van der Waals surface area contributed by atoms with Crippen LogP contribution in [0.5, 0.6) is 0 Å². The fraction of sp³-hybridized carbons (Fsp3) is 0.455. The number of halogens is 2. The van der Waals surface area contributed by atoms with Crippen molar-refractivity contribution in [1.29, 1.82) is 0 Å². The first kappa shape index (κ1) is 9.01. The summed E-state index contributed by atoms with van der Waals surface area (Å²) in [6.07, 6.45) is 2.21. The summed E-state index contributed by atoms with van der Waals surface area (Å²) in [6, 6.07) is 4.92. The summed E-state index contributed by atoms with van der Waals surface area (Å²) in [4.78, 5) is 0. The molecule has 2 unspecified atom stereocenters. The Morgan fingerprint density at radius 3 is 2.85 bits per heavy atom. The molecule has 0 radical (unpaired) electrons. The Morgan fingerprint density at radius 2 is 2.31 bits per heavy atom. The van der Waals surface area contributed by atoms with Gasteiger partial charge < -0.3 is 0 Å². The van der Waals surface area contributed by atoms with Crippen molar-refractivity contribution in [3.05, 3.63) is 34.6 Å². The fourth-order valence-electron chi connectivity index (χ4n) is 1.92. The van der Waals surface area contributed by atoms with Crippen LogP contribution in [-0.4, -0.2) is 0 Å². The minimum atomic E-state index is -0.145. The fourth-order valence-corrected chi connectivity index (χ4v) is 2.22. The minimum Gasteiger partial charge on any atom is -0.207 e. The second kappa shape index (κ2) is 3.30. The van der Waals surface area contributed by atoms with Crippen LogP contribution in [0, 0.1) is 11.7 Å². The molecule has 1 aliphatic carbocycles. The third-order valence-corrected chi connectivity index (χ3v) is 3.15. The molecule has 1 fully saturated rings. The van der Waals surface area contributed by atoms with Crippen molar-refractivity contribution >= 4 is 11.6 Å². The molecule has 2 heteroatoms. The molecule has 70 valence electrons. The topological polar surface area (TPSA) is 0 Å². The van der Waals surface area contributed by atoms with Gasteiger partial charge in [-0.1, -0.05) is 31.0 Å². The molecule has 0 aromatic heterocycles. The van der Waals surface area contributed by atoms with Crippen LogP contribution in [0.4, 0.5) is 4.39 Å². The van der Waals surface area contributed by atoms with E-state index in [4.69, 9.17) is 11.6 Å². The van der Waals surface area contributed by atoms with Crippen molar-refractivity contribution < 1.29 is 4.39 Å². The van der Waals surface area contributed by atoms with Gasteiger partial charge in [0.05, 0.1) is 0 Å². The molecule has 1 aromatic rings. The number of hydrogen-bond acceptors (Lipinski definition) is 0. The van der Waals surface area contributed by atoms with E-state index < -0.39 is 0 Å². The maximum Gasteiger partial charge on any atom is 0.128 e. The van der Waals surface area contributed by atoms with Gasteiger partial charge in [0.25, 0.3) is 0 Å². The molecule has 2 atom stereocenters. The second-order valence-corrected chi connectivity index (χ2v) is 4.05. The van der Waals surface area contributed by atoms with Gasteiger partial charge in [-0.05, 0) is 30.4 Å². The van der Waals surface area contributed by atoms with E-state index >= 15 is 0 Å². The second-order valence-electron chi connectivity index (χ2n) is 3.65. The van der Waals surface area contributed by atoms with Crippen LogP contribution in [0.25, 0.3) is 0 Å². The van der Waals surface area contributed by atoms with Gasteiger partial charge in [0.15, 0.2) is 0 Å². The molecule has 0 heterocycles. The van der Waals surface area contributed by atoms with Crippen molar-refractivity contribution in [3.63, 3.8) is 0 Å². The van der Waals surface area contributed by atoms with Crippen LogP contribution in [0.1, 0.15) is 31.2 Å². The Kier molecular flexibility index (Phi) is 2.29. The summed E-state index contributed by atoms with van der Waals surface area (Å²) >= 11 is 5.95. The summed E-state index contributed by atoms with van der Waals surface area (Å²) in [7, 11) is 0. The Hall–Kier alpha value is -0.560. The molecular formula is C11H12ClF. The molecule has 1 aromatic carbocycles. The minimum absolute atomic E-state index is 0.145. The summed E-state index contributed by atoms with van der Waals surface area (Å²) < 4.78 is 13.4. The average Bonchev–Trinajstić information content (AvgIpc) is 2.83. The van der Waals surface area contributed by atoms with Crippen molar-refractivity contribution in [2.45, 2.75) is 25.7 Å². The van der Waals surface area contributed by atoms with E-state index in [1.54, 1.807) is 12.1 Å². The van der Waals surface area contributed by atoms with E-state index in [1.165, 1.54) is 6.07 Å². The smallest absolute Gasteiger partial charge is 0.128 e. The van der Waals surface area contributed by atoms with Gasteiger partial charge in [-0.25, -0.2) is 4.39 Å². The quantitative estimate of drug-likeness (QED) is 0.674.